The molecule has 0 fully saturated rings. The molecular formula is C13H22O4. The molecule has 4 heteroatoms. The van der Waals surface area contributed by atoms with Crippen LogP contribution in [-0.4, -0.2) is 24.1 Å². The highest BCUT2D eigenvalue weighted by Crippen LogP contribution is 2.23. The van der Waals surface area contributed by atoms with Crippen molar-refractivity contribution >= 4 is 17.5 Å². The Morgan fingerprint density at radius 2 is 1.71 bits per heavy atom. The zero-order chi connectivity index (χ0) is 13.6. The zero-order valence-corrected chi connectivity index (χ0v) is 11.3. The molecule has 1 atom stereocenters. The summed E-state index contributed by atoms with van der Waals surface area (Å²) in [6.07, 6.45) is 0.206. The van der Waals surface area contributed by atoms with E-state index in [9.17, 15) is 14.4 Å². The number of rotatable bonds is 6. The van der Waals surface area contributed by atoms with Crippen LogP contribution in [0.2, 0.25) is 0 Å². The van der Waals surface area contributed by atoms with Crippen LogP contribution in [0.25, 0.3) is 0 Å². The van der Waals surface area contributed by atoms with Gasteiger partial charge in [-0.05, 0) is 19.3 Å². The Labute approximate surface area is 103 Å². The molecule has 0 unspecified atom stereocenters. The summed E-state index contributed by atoms with van der Waals surface area (Å²) in [5, 5.41) is 0. The minimum atomic E-state index is -0.938. The molecule has 0 heterocycles. The predicted molar refractivity (Wildman–Crippen MR) is 64.5 cm³/mol. The summed E-state index contributed by atoms with van der Waals surface area (Å²) in [4.78, 5) is 34.6. The number of Topliss-reactive ketones (excluding diaryl/α,β-unsaturated/α-hetero) is 2. The number of esters is 1. The van der Waals surface area contributed by atoms with Crippen molar-refractivity contribution in [2.24, 2.45) is 11.3 Å². The lowest BCUT2D eigenvalue weighted by Crippen LogP contribution is -2.30. The first-order valence-electron chi connectivity index (χ1n) is 5.86. The van der Waals surface area contributed by atoms with Gasteiger partial charge in [-0.1, -0.05) is 20.8 Å². The van der Waals surface area contributed by atoms with Gasteiger partial charge in [-0.3, -0.25) is 14.4 Å². The van der Waals surface area contributed by atoms with Gasteiger partial charge in [0.05, 0.1) is 6.61 Å². The average molecular weight is 242 g/mol. The molecule has 0 aromatic carbocycles. The molecule has 0 rings (SSSR count). The molecule has 0 aromatic heterocycles. The van der Waals surface area contributed by atoms with Gasteiger partial charge < -0.3 is 4.74 Å². The second-order valence-corrected chi connectivity index (χ2v) is 5.41. The van der Waals surface area contributed by atoms with Gasteiger partial charge in [0.15, 0.2) is 0 Å². The third kappa shape index (κ3) is 6.87. The summed E-state index contributed by atoms with van der Waals surface area (Å²) in [6, 6.07) is 0. The first-order valence-corrected chi connectivity index (χ1v) is 5.86. The van der Waals surface area contributed by atoms with E-state index < -0.39 is 11.9 Å². The number of carbonyl (C=O) groups excluding carboxylic acids is 3. The van der Waals surface area contributed by atoms with Crippen LogP contribution in [-0.2, 0) is 19.1 Å². The minimum absolute atomic E-state index is 0.0618. The van der Waals surface area contributed by atoms with Crippen LogP contribution in [0.4, 0.5) is 0 Å². The number of carbonyl (C=O) groups is 3. The van der Waals surface area contributed by atoms with E-state index in [0.29, 0.717) is 0 Å². The molecule has 4 nitrogen and oxygen atoms in total. The fourth-order valence-electron chi connectivity index (χ4n) is 1.50. The van der Waals surface area contributed by atoms with Crippen molar-refractivity contribution in [3.05, 3.63) is 0 Å². The molecule has 0 aliphatic carbocycles. The van der Waals surface area contributed by atoms with E-state index in [2.05, 4.69) is 0 Å². The highest BCUT2D eigenvalue weighted by atomic mass is 16.5. The zero-order valence-electron chi connectivity index (χ0n) is 11.3. The standard InChI is InChI=1S/C13H22O4/c1-6-17-12(16)10(7-9(2)14)11(15)8-13(3,4)5/h10H,6-8H2,1-5H3/t10-/m1/s1. The van der Waals surface area contributed by atoms with Crippen LogP contribution in [0.3, 0.4) is 0 Å². The monoisotopic (exact) mass is 242 g/mol. The summed E-state index contributed by atoms with van der Waals surface area (Å²) in [5.41, 5.74) is -0.196. The first-order chi connectivity index (χ1) is 7.67. The van der Waals surface area contributed by atoms with Crippen molar-refractivity contribution < 1.29 is 19.1 Å². The van der Waals surface area contributed by atoms with E-state index in [4.69, 9.17) is 4.74 Å². The van der Waals surface area contributed by atoms with Crippen molar-refractivity contribution in [1.29, 1.82) is 0 Å². The maximum atomic E-state index is 12.0. The molecule has 0 saturated carbocycles. The van der Waals surface area contributed by atoms with Gasteiger partial charge in [0.25, 0.3) is 0 Å². The quantitative estimate of drug-likeness (QED) is 0.529. The second kappa shape index (κ2) is 6.52. The molecule has 98 valence electrons. The third-order valence-corrected chi connectivity index (χ3v) is 2.16. The molecule has 0 aromatic rings. The Balaban J connectivity index is 4.73. The molecular weight excluding hydrogens is 220 g/mol. The Hall–Kier alpha value is -1.19. The third-order valence-electron chi connectivity index (χ3n) is 2.16. The summed E-state index contributed by atoms with van der Waals surface area (Å²) in [7, 11) is 0. The first kappa shape index (κ1) is 15.8. The molecule has 0 aliphatic rings. The maximum Gasteiger partial charge on any atom is 0.316 e. The molecule has 17 heavy (non-hydrogen) atoms. The highest BCUT2D eigenvalue weighted by molar-refractivity contribution is 6.02. The lowest BCUT2D eigenvalue weighted by Gasteiger charge is -2.20. The molecule has 0 radical (unpaired) electrons. The predicted octanol–water partition coefficient (Wildman–Crippen LogP) is 2.15. The highest BCUT2D eigenvalue weighted by Gasteiger charge is 2.31. The van der Waals surface area contributed by atoms with E-state index in [0.717, 1.165) is 0 Å². The van der Waals surface area contributed by atoms with Crippen LogP contribution in [0.15, 0.2) is 0 Å². The molecule has 0 N–H and O–H groups in total. The van der Waals surface area contributed by atoms with Crippen molar-refractivity contribution in [1.82, 2.24) is 0 Å². The van der Waals surface area contributed by atoms with Gasteiger partial charge in [-0.25, -0.2) is 0 Å². The van der Waals surface area contributed by atoms with Crippen molar-refractivity contribution in [3.8, 4) is 0 Å². The average Bonchev–Trinajstić information content (AvgIpc) is 2.11. The number of ketones is 2. The van der Waals surface area contributed by atoms with Crippen LogP contribution in [0, 0.1) is 11.3 Å². The van der Waals surface area contributed by atoms with E-state index in [1.165, 1.54) is 6.92 Å². The van der Waals surface area contributed by atoms with Gasteiger partial charge in [0.2, 0.25) is 0 Å². The van der Waals surface area contributed by atoms with E-state index in [-0.39, 0.29) is 36.4 Å². The lowest BCUT2D eigenvalue weighted by molar-refractivity contribution is -0.153. The summed E-state index contributed by atoms with van der Waals surface area (Å²) < 4.78 is 4.83. The minimum Gasteiger partial charge on any atom is -0.465 e. The largest absolute Gasteiger partial charge is 0.465 e. The van der Waals surface area contributed by atoms with Crippen molar-refractivity contribution in [3.63, 3.8) is 0 Å². The second-order valence-electron chi connectivity index (χ2n) is 5.41. The van der Waals surface area contributed by atoms with E-state index in [1.54, 1.807) is 6.92 Å². The van der Waals surface area contributed by atoms with Gasteiger partial charge >= 0.3 is 5.97 Å². The molecule has 0 bridgehead atoms. The van der Waals surface area contributed by atoms with Crippen LogP contribution < -0.4 is 0 Å². The Kier molecular flexibility index (Phi) is 6.07. The van der Waals surface area contributed by atoms with Crippen LogP contribution >= 0.6 is 0 Å². The Morgan fingerprint density at radius 1 is 1.18 bits per heavy atom. The smallest absolute Gasteiger partial charge is 0.316 e. The molecule has 0 saturated heterocycles. The van der Waals surface area contributed by atoms with Gasteiger partial charge in [0.1, 0.15) is 17.5 Å². The lowest BCUT2D eigenvalue weighted by atomic mass is 9.84. The summed E-state index contributed by atoms with van der Waals surface area (Å²) in [6.45, 7) is 9.02. The topological polar surface area (TPSA) is 60.4 Å². The van der Waals surface area contributed by atoms with Crippen molar-refractivity contribution in [2.75, 3.05) is 6.61 Å². The fraction of sp³-hybridized carbons (Fsp3) is 0.769. The van der Waals surface area contributed by atoms with Gasteiger partial charge in [-0.2, -0.15) is 0 Å². The molecule has 0 spiro atoms. The van der Waals surface area contributed by atoms with Crippen molar-refractivity contribution in [2.45, 2.75) is 47.5 Å². The number of hydrogen-bond acceptors (Lipinski definition) is 4. The van der Waals surface area contributed by atoms with E-state index in [1.807, 2.05) is 20.8 Å². The molecule has 0 amide bonds. The van der Waals surface area contributed by atoms with E-state index >= 15 is 0 Å². The van der Waals surface area contributed by atoms with Crippen LogP contribution in [0.1, 0.15) is 47.5 Å². The summed E-state index contributed by atoms with van der Waals surface area (Å²) >= 11 is 0. The van der Waals surface area contributed by atoms with Gasteiger partial charge in [-0.15, -0.1) is 0 Å². The fourth-order valence-corrected chi connectivity index (χ4v) is 1.50. The number of ether oxygens (including phenoxy) is 1. The SMILES string of the molecule is CCOC(=O)[C@H](CC(C)=O)C(=O)CC(C)(C)C. The summed E-state index contributed by atoms with van der Waals surface area (Å²) in [5.74, 6) is -1.92. The maximum absolute atomic E-state index is 12.0. The van der Waals surface area contributed by atoms with Gasteiger partial charge in [0, 0.05) is 12.8 Å². The Bertz CT molecular complexity index is 299. The number of hydrogen-bond donors (Lipinski definition) is 0. The van der Waals surface area contributed by atoms with Crippen LogP contribution in [0.5, 0.6) is 0 Å². The Morgan fingerprint density at radius 3 is 2.06 bits per heavy atom. The normalized spacial score (nSPS) is 13.0. The molecule has 0 aliphatic heterocycles.